The van der Waals surface area contributed by atoms with Crippen molar-refractivity contribution in [2.75, 3.05) is 0 Å². The lowest BCUT2D eigenvalue weighted by Crippen LogP contribution is -1.95. The Kier molecular flexibility index (Phi) is 13.0. The fraction of sp³-hybridized carbons (Fsp3) is 0.452. The first kappa shape index (κ1) is 29.2. The summed E-state index contributed by atoms with van der Waals surface area (Å²) in [5.74, 6) is 2.74. The van der Waals surface area contributed by atoms with Crippen LogP contribution in [0.25, 0.3) is 21.9 Å². The maximum atomic E-state index is 4.51. The fourth-order valence-electron chi connectivity index (χ4n) is 2.92. The van der Waals surface area contributed by atoms with Crippen LogP contribution in [0, 0.1) is 11.8 Å². The van der Waals surface area contributed by atoms with Gasteiger partial charge in [-0.3, -0.25) is 15.0 Å². The maximum absolute atomic E-state index is 4.51. The van der Waals surface area contributed by atoms with Gasteiger partial charge in [-0.2, -0.15) is 0 Å². The van der Waals surface area contributed by atoms with Gasteiger partial charge < -0.3 is 0 Å². The molecule has 4 rings (SSSR count). The van der Waals surface area contributed by atoms with Gasteiger partial charge in [-0.05, 0) is 65.6 Å². The Labute approximate surface area is 208 Å². The minimum Gasteiger partial charge on any atom is -0.256 e. The number of hydrogen-bond acceptors (Lipinski definition) is 3. The summed E-state index contributed by atoms with van der Waals surface area (Å²) >= 11 is 0. The van der Waals surface area contributed by atoms with Gasteiger partial charge in [0.2, 0.25) is 0 Å². The highest BCUT2D eigenvalue weighted by Gasteiger charge is 2.04. The summed E-state index contributed by atoms with van der Waals surface area (Å²) in [4.78, 5) is 13.1. The van der Waals surface area contributed by atoms with E-state index in [2.05, 4.69) is 94.6 Å². The van der Waals surface area contributed by atoms with Crippen molar-refractivity contribution in [1.82, 2.24) is 15.0 Å². The van der Waals surface area contributed by atoms with Crippen molar-refractivity contribution >= 4 is 21.9 Å². The summed E-state index contributed by atoms with van der Waals surface area (Å²) in [5, 5.41) is 1.28. The smallest absolute Gasteiger partial charge is 0.0890 e. The number of fused-ring (bicyclic) bond motifs is 2. The molecule has 0 bridgehead atoms. The number of nitrogens with zero attached hydrogens (tertiary/aromatic N) is 3. The van der Waals surface area contributed by atoms with E-state index in [1.807, 2.05) is 50.4 Å². The van der Waals surface area contributed by atoms with Crippen LogP contribution >= 0.6 is 0 Å². The Balaban J connectivity index is 0.000000262. The van der Waals surface area contributed by atoms with Crippen LogP contribution in [0.2, 0.25) is 0 Å². The van der Waals surface area contributed by atoms with E-state index in [4.69, 9.17) is 0 Å². The molecule has 1 aromatic carbocycles. The molecular formula is C31H45N3. The number of rotatable bonds is 3. The summed E-state index contributed by atoms with van der Waals surface area (Å²) < 4.78 is 0. The van der Waals surface area contributed by atoms with Gasteiger partial charge >= 0.3 is 0 Å². The molecular weight excluding hydrogens is 414 g/mol. The zero-order valence-electron chi connectivity index (χ0n) is 23.0. The van der Waals surface area contributed by atoms with Crippen LogP contribution in [0.5, 0.6) is 0 Å². The molecule has 184 valence electrons. The number of aromatic nitrogens is 3. The summed E-state index contributed by atoms with van der Waals surface area (Å²) in [5.41, 5.74) is 5.54. The van der Waals surface area contributed by atoms with Gasteiger partial charge in [0.05, 0.1) is 16.6 Å². The van der Waals surface area contributed by atoms with E-state index in [0.717, 1.165) is 34.1 Å². The van der Waals surface area contributed by atoms with Gasteiger partial charge in [0, 0.05) is 23.5 Å². The van der Waals surface area contributed by atoms with Gasteiger partial charge in [-0.25, -0.2) is 0 Å². The Bertz CT molecular complexity index is 1080. The fourth-order valence-corrected chi connectivity index (χ4v) is 2.92. The minimum atomic E-state index is 0.476. The molecule has 3 nitrogen and oxygen atoms in total. The Hall–Kier alpha value is -2.81. The standard InChI is InChI=1S/C12H13N.C11H12N2.C6H14.C2H6/c1-9(2)10-7-8-13-12-6-4-3-5-11(10)12;1-8(2)9-5-6-10-11(13-9)4-3-7-12-10;1-5(2)6(3)4;1-2/h3-9H,1-2H3;3-8H,1-2H3;5-6H,1-4H3;1-2H3. The first-order valence-electron chi connectivity index (χ1n) is 12.8. The molecule has 3 heterocycles. The first-order valence-corrected chi connectivity index (χ1v) is 12.8. The maximum Gasteiger partial charge on any atom is 0.0890 e. The quantitative estimate of drug-likeness (QED) is 0.306. The van der Waals surface area contributed by atoms with Crippen molar-refractivity contribution < 1.29 is 0 Å². The molecule has 0 aliphatic rings. The molecule has 3 heteroatoms. The van der Waals surface area contributed by atoms with Crippen LogP contribution in [0.3, 0.4) is 0 Å². The summed E-state index contributed by atoms with van der Waals surface area (Å²) in [6, 6.07) is 18.4. The second kappa shape index (κ2) is 15.2. The van der Waals surface area contributed by atoms with Crippen LogP contribution in [-0.2, 0) is 0 Å². The molecule has 0 N–H and O–H groups in total. The van der Waals surface area contributed by atoms with Gasteiger partial charge in [0.25, 0.3) is 0 Å². The molecule has 34 heavy (non-hydrogen) atoms. The normalized spacial score (nSPS) is 10.5. The molecule has 0 amide bonds. The zero-order valence-corrected chi connectivity index (χ0v) is 23.0. The average molecular weight is 460 g/mol. The molecule has 0 saturated heterocycles. The van der Waals surface area contributed by atoms with Crippen molar-refractivity contribution in [1.29, 1.82) is 0 Å². The first-order chi connectivity index (χ1) is 16.2. The molecule has 0 radical (unpaired) electrons. The number of hydrogen-bond donors (Lipinski definition) is 0. The van der Waals surface area contributed by atoms with Gasteiger partial charge in [0.15, 0.2) is 0 Å². The predicted molar refractivity (Wildman–Crippen MR) is 150 cm³/mol. The van der Waals surface area contributed by atoms with Crippen molar-refractivity contribution in [2.45, 2.75) is 81.1 Å². The lowest BCUT2D eigenvalue weighted by molar-refractivity contribution is 0.457. The van der Waals surface area contributed by atoms with Crippen molar-refractivity contribution in [3.63, 3.8) is 0 Å². The Morgan fingerprint density at radius 3 is 1.71 bits per heavy atom. The van der Waals surface area contributed by atoms with Crippen LogP contribution in [-0.4, -0.2) is 15.0 Å². The van der Waals surface area contributed by atoms with Gasteiger partial charge in [-0.1, -0.05) is 87.4 Å². The van der Waals surface area contributed by atoms with Gasteiger partial charge in [-0.15, -0.1) is 0 Å². The van der Waals surface area contributed by atoms with E-state index < -0.39 is 0 Å². The summed E-state index contributed by atoms with van der Waals surface area (Å²) in [6.45, 7) is 21.7. The van der Waals surface area contributed by atoms with E-state index in [1.54, 1.807) is 6.20 Å². The van der Waals surface area contributed by atoms with E-state index in [0.29, 0.717) is 11.8 Å². The second-order valence-electron chi connectivity index (χ2n) is 9.49. The monoisotopic (exact) mass is 459 g/mol. The van der Waals surface area contributed by atoms with Crippen LogP contribution < -0.4 is 0 Å². The number of pyridine rings is 3. The average Bonchev–Trinajstić information content (AvgIpc) is 2.85. The zero-order chi connectivity index (χ0) is 25.7. The van der Waals surface area contributed by atoms with E-state index in [9.17, 15) is 0 Å². The molecule has 0 aliphatic heterocycles. The summed E-state index contributed by atoms with van der Waals surface area (Å²) in [7, 11) is 0. The van der Waals surface area contributed by atoms with Crippen LogP contribution in [0.1, 0.15) is 92.3 Å². The highest BCUT2D eigenvalue weighted by atomic mass is 14.8. The van der Waals surface area contributed by atoms with E-state index in [-0.39, 0.29) is 0 Å². The third-order valence-electron chi connectivity index (χ3n) is 5.71. The molecule has 3 aromatic heterocycles. The summed E-state index contributed by atoms with van der Waals surface area (Å²) in [6.07, 6.45) is 3.68. The number of benzene rings is 1. The van der Waals surface area contributed by atoms with E-state index in [1.165, 1.54) is 10.9 Å². The molecule has 0 unspecified atom stereocenters. The largest absolute Gasteiger partial charge is 0.256 e. The SMILES string of the molecule is CC.CC(C)C(C)C.CC(C)c1ccc2ncccc2n1.CC(C)c1ccnc2ccccc12. The van der Waals surface area contributed by atoms with Gasteiger partial charge in [0.1, 0.15) is 0 Å². The van der Waals surface area contributed by atoms with Crippen molar-refractivity contribution in [3.8, 4) is 0 Å². The molecule has 4 aromatic rings. The van der Waals surface area contributed by atoms with Crippen LogP contribution in [0.15, 0.2) is 67.0 Å². The second-order valence-corrected chi connectivity index (χ2v) is 9.49. The molecule has 0 saturated carbocycles. The topological polar surface area (TPSA) is 38.7 Å². The highest BCUT2D eigenvalue weighted by molar-refractivity contribution is 5.82. The third-order valence-corrected chi connectivity index (χ3v) is 5.71. The minimum absolute atomic E-state index is 0.476. The van der Waals surface area contributed by atoms with Crippen molar-refractivity contribution in [2.24, 2.45) is 11.8 Å². The lowest BCUT2D eigenvalue weighted by atomic mass is 9.99. The molecule has 0 fully saturated rings. The van der Waals surface area contributed by atoms with Crippen LogP contribution in [0.4, 0.5) is 0 Å². The number of para-hydroxylation sites is 1. The Morgan fingerprint density at radius 2 is 1.12 bits per heavy atom. The Morgan fingerprint density at radius 1 is 0.529 bits per heavy atom. The molecule has 0 aliphatic carbocycles. The van der Waals surface area contributed by atoms with E-state index >= 15 is 0 Å². The third kappa shape index (κ3) is 9.21. The lowest BCUT2D eigenvalue weighted by Gasteiger charge is -2.08. The van der Waals surface area contributed by atoms with Crippen molar-refractivity contribution in [3.05, 3.63) is 78.2 Å². The molecule has 0 spiro atoms. The highest BCUT2D eigenvalue weighted by Crippen LogP contribution is 2.23. The molecule has 0 atom stereocenters. The predicted octanol–water partition coefficient (Wildman–Crippen LogP) is 9.44.